The van der Waals surface area contributed by atoms with Crippen molar-refractivity contribution in [3.63, 3.8) is 0 Å². The van der Waals surface area contributed by atoms with Gasteiger partial charge in [-0.1, -0.05) is 54.6 Å². The number of thioether (sulfide) groups is 1. The average molecular weight is 579 g/mol. The Labute approximate surface area is 242 Å². The van der Waals surface area contributed by atoms with Gasteiger partial charge in [0.15, 0.2) is 0 Å². The van der Waals surface area contributed by atoms with Gasteiger partial charge < -0.3 is 35.4 Å². The van der Waals surface area contributed by atoms with Gasteiger partial charge in [0.25, 0.3) is 5.79 Å². The Kier molecular flexibility index (Phi) is 8.17. The zero-order valence-corrected chi connectivity index (χ0v) is 23.6. The Morgan fingerprint density at radius 2 is 1.44 bits per heavy atom. The standard InChI is InChI=1S/C31H34N2O7S/c1-39-22-12-8-20(9-13-22)30(19-6-4-3-5-7-19,21-10-14-23(40-2)15-11-21)26(31(37,38)28(34)35)17-16-25-27-24(18-41-25)32-29(36)33-27/h3-15,24-27,37-38H,16-18H2,1-2H3,(H,34,35)(H2,32,33,36)/t24-,25-,26?,27-/m0/s1. The number of nitrogens with one attached hydrogen (secondary N) is 2. The second kappa shape index (κ2) is 11.6. The fraction of sp³-hybridized carbons (Fsp3) is 0.355. The summed E-state index contributed by atoms with van der Waals surface area (Å²) >= 11 is 1.68. The second-order valence-electron chi connectivity index (χ2n) is 10.4. The van der Waals surface area contributed by atoms with Gasteiger partial charge in [0, 0.05) is 16.9 Å². The highest BCUT2D eigenvalue weighted by molar-refractivity contribution is 8.00. The SMILES string of the molecule is COc1ccc(C(c2ccccc2)(c2ccc(OC)cc2)C(CC[C@@H]2SC[C@@H]3NC(=O)N[C@@H]32)C(O)(O)C(=O)O)cc1. The third-order valence-corrected chi connectivity index (χ3v) is 9.83. The smallest absolute Gasteiger partial charge is 0.364 e. The fourth-order valence-electron chi connectivity index (χ4n) is 6.36. The van der Waals surface area contributed by atoms with Crippen LogP contribution in [0.5, 0.6) is 11.5 Å². The second-order valence-corrected chi connectivity index (χ2v) is 11.7. The summed E-state index contributed by atoms with van der Waals surface area (Å²) in [5, 5.41) is 39.1. The molecule has 2 aliphatic heterocycles. The molecule has 3 aromatic carbocycles. The third-order valence-electron chi connectivity index (χ3n) is 8.32. The van der Waals surface area contributed by atoms with Crippen molar-refractivity contribution in [2.45, 2.75) is 41.4 Å². The van der Waals surface area contributed by atoms with Crippen molar-refractivity contribution >= 4 is 23.8 Å². The molecule has 2 aliphatic rings. The van der Waals surface area contributed by atoms with Gasteiger partial charge in [-0.3, -0.25) is 0 Å². The molecule has 0 aliphatic carbocycles. The number of aliphatic hydroxyl groups is 2. The predicted molar refractivity (Wildman–Crippen MR) is 155 cm³/mol. The van der Waals surface area contributed by atoms with Crippen LogP contribution in [0, 0.1) is 5.92 Å². The quantitative estimate of drug-likeness (QED) is 0.133. The van der Waals surface area contributed by atoms with Gasteiger partial charge in [-0.15, -0.1) is 0 Å². The monoisotopic (exact) mass is 578 g/mol. The van der Waals surface area contributed by atoms with E-state index in [1.165, 1.54) is 0 Å². The number of aliphatic carboxylic acids is 1. The van der Waals surface area contributed by atoms with Crippen LogP contribution in [0.2, 0.25) is 0 Å². The van der Waals surface area contributed by atoms with Crippen LogP contribution in [0.25, 0.3) is 0 Å². The number of amides is 2. The molecule has 2 saturated heterocycles. The van der Waals surface area contributed by atoms with Crippen LogP contribution in [0.3, 0.4) is 0 Å². The fourth-order valence-corrected chi connectivity index (χ4v) is 7.87. The summed E-state index contributed by atoms with van der Waals surface area (Å²) in [6.07, 6.45) is 0.568. The van der Waals surface area contributed by atoms with Crippen molar-refractivity contribution < 1.29 is 34.4 Å². The maximum atomic E-state index is 12.6. The van der Waals surface area contributed by atoms with Crippen LogP contribution in [0.1, 0.15) is 29.5 Å². The number of rotatable bonds is 11. The number of hydrogen-bond acceptors (Lipinski definition) is 7. The van der Waals surface area contributed by atoms with E-state index in [0.29, 0.717) is 34.6 Å². The van der Waals surface area contributed by atoms with E-state index in [-0.39, 0.29) is 29.8 Å². The number of benzene rings is 3. The first-order valence-electron chi connectivity index (χ1n) is 13.4. The predicted octanol–water partition coefficient (Wildman–Crippen LogP) is 3.37. The lowest BCUT2D eigenvalue weighted by Crippen LogP contribution is -2.56. The minimum Gasteiger partial charge on any atom is -0.497 e. The number of carboxylic acid groups (broad SMARTS) is 1. The van der Waals surface area contributed by atoms with E-state index in [1.54, 1.807) is 50.2 Å². The molecule has 9 nitrogen and oxygen atoms in total. The van der Waals surface area contributed by atoms with Crippen LogP contribution in [-0.4, -0.2) is 70.4 Å². The van der Waals surface area contributed by atoms with Crippen molar-refractivity contribution in [2.75, 3.05) is 20.0 Å². The largest absolute Gasteiger partial charge is 0.497 e. The highest BCUT2D eigenvalue weighted by atomic mass is 32.2. The van der Waals surface area contributed by atoms with Gasteiger partial charge in [-0.25, -0.2) is 9.59 Å². The third kappa shape index (κ3) is 5.23. The first kappa shape index (κ1) is 28.8. The van der Waals surface area contributed by atoms with E-state index < -0.39 is 23.1 Å². The van der Waals surface area contributed by atoms with Crippen LogP contribution in [-0.2, 0) is 10.2 Å². The van der Waals surface area contributed by atoms with Crippen molar-refractivity contribution in [2.24, 2.45) is 5.92 Å². The van der Waals surface area contributed by atoms with Gasteiger partial charge >= 0.3 is 12.0 Å². The minimum atomic E-state index is -3.12. The lowest BCUT2D eigenvalue weighted by molar-refractivity contribution is -0.229. The van der Waals surface area contributed by atoms with E-state index in [1.807, 2.05) is 54.6 Å². The van der Waals surface area contributed by atoms with Crippen molar-refractivity contribution in [3.8, 4) is 11.5 Å². The Balaban J connectivity index is 1.72. The molecule has 5 N–H and O–H groups in total. The number of ether oxygens (including phenoxy) is 2. The zero-order valence-electron chi connectivity index (χ0n) is 22.8. The Morgan fingerprint density at radius 3 is 1.95 bits per heavy atom. The van der Waals surface area contributed by atoms with Crippen LogP contribution < -0.4 is 20.1 Å². The lowest BCUT2D eigenvalue weighted by atomic mass is 9.58. The molecule has 0 spiro atoms. The molecule has 2 heterocycles. The molecule has 2 fully saturated rings. The Hall–Kier alpha value is -3.73. The van der Waals surface area contributed by atoms with Gasteiger partial charge in [-0.05, 0) is 53.8 Å². The van der Waals surface area contributed by atoms with Crippen LogP contribution in [0.15, 0.2) is 78.9 Å². The van der Waals surface area contributed by atoms with Crippen molar-refractivity contribution in [3.05, 3.63) is 95.6 Å². The normalized spacial score (nSPS) is 21.0. The molecule has 0 bridgehead atoms. The summed E-state index contributed by atoms with van der Waals surface area (Å²) in [7, 11) is 3.12. The number of methoxy groups -OCH3 is 2. The summed E-state index contributed by atoms with van der Waals surface area (Å²) in [5.41, 5.74) is 0.714. The van der Waals surface area contributed by atoms with Gasteiger partial charge in [-0.2, -0.15) is 11.8 Å². The molecule has 10 heteroatoms. The van der Waals surface area contributed by atoms with E-state index in [0.717, 1.165) is 5.75 Å². The highest BCUT2D eigenvalue weighted by Gasteiger charge is 2.57. The summed E-state index contributed by atoms with van der Waals surface area (Å²) < 4.78 is 10.8. The molecule has 3 aromatic rings. The zero-order chi connectivity index (χ0) is 29.2. The molecule has 0 radical (unpaired) electrons. The number of carboxylic acids is 1. The van der Waals surface area contributed by atoms with Gasteiger partial charge in [0.1, 0.15) is 11.5 Å². The van der Waals surface area contributed by atoms with Crippen molar-refractivity contribution in [1.82, 2.24) is 10.6 Å². The molecule has 1 unspecified atom stereocenters. The molecule has 41 heavy (non-hydrogen) atoms. The van der Waals surface area contributed by atoms with E-state index >= 15 is 0 Å². The Morgan fingerprint density at radius 1 is 0.902 bits per heavy atom. The summed E-state index contributed by atoms with van der Waals surface area (Å²) in [5.74, 6) is -4.16. The highest BCUT2D eigenvalue weighted by Crippen LogP contribution is 2.52. The van der Waals surface area contributed by atoms with Gasteiger partial charge in [0.05, 0.1) is 31.7 Å². The molecule has 5 rings (SSSR count). The van der Waals surface area contributed by atoms with Crippen LogP contribution in [0.4, 0.5) is 4.79 Å². The maximum Gasteiger partial charge on any atom is 0.364 e. The summed E-state index contributed by atoms with van der Waals surface area (Å²) in [6.45, 7) is 0. The van der Waals surface area contributed by atoms with E-state index in [2.05, 4.69) is 10.6 Å². The Bertz CT molecular complexity index is 1320. The number of urea groups is 1. The summed E-state index contributed by atoms with van der Waals surface area (Å²) in [6, 6.07) is 23.4. The average Bonchev–Trinajstić information content (AvgIpc) is 3.55. The topological polar surface area (TPSA) is 137 Å². The molecular formula is C31H34N2O7S. The minimum absolute atomic E-state index is 0.0227. The molecule has 0 saturated carbocycles. The van der Waals surface area contributed by atoms with E-state index in [9.17, 15) is 24.9 Å². The maximum absolute atomic E-state index is 12.6. The first-order chi connectivity index (χ1) is 19.7. The summed E-state index contributed by atoms with van der Waals surface area (Å²) in [4.78, 5) is 24.6. The first-order valence-corrected chi connectivity index (χ1v) is 14.5. The molecule has 216 valence electrons. The molecule has 2 amide bonds. The van der Waals surface area contributed by atoms with Crippen molar-refractivity contribution in [1.29, 1.82) is 0 Å². The molecule has 0 aromatic heterocycles. The number of carbonyl (C=O) groups excluding carboxylic acids is 1. The van der Waals surface area contributed by atoms with E-state index in [4.69, 9.17) is 9.47 Å². The lowest BCUT2D eigenvalue weighted by Gasteiger charge is -2.46. The number of hydrogen-bond donors (Lipinski definition) is 5. The number of carbonyl (C=O) groups is 2. The number of fused-ring (bicyclic) bond motifs is 1. The van der Waals surface area contributed by atoms with Crippen LogP contribution >= 0.6 is 11.8 Å². The van der Waals surface area contributed by atoms with Gasteiger partial charge in [0.2, 0.25) is 0 Å². The molecule has 4 atom stereocenters. The molecular weight excluding hydrogens is 544 g/mol.